The molecule has 0 radical (unpaired) electrons. The van der Waals surface area contributed by atoms with E-state index in [-0.39, 0.29) is 22.6 Å². The predicted octanol–water partition coefficient (Wildman–Crippen LogP) is 4.47. The largest absolute Gasteiger partial charge is 0.449 e. The van der Waals surface area contributed by atoms with Gasteiger partial charge in [0.1, 0.15) is 0 Å². The van der Waals surface area contributed by atoms with Gasteiger partial charge in [-0.1, -0.05) is 17.3 Å². The van der Waals surface area contributed by atoms with Crippen molar-refractivity contribution in [3.63, 3.8) is 0 Å². The lowest BCUT2D eigenvalue weighted by molar-refractivity contribution is 0.0265. The minimum Gasteiger partial charge on any atom is -0.449 e. The van der Waals surface area contributed by atoms with E-state index in [9.17, 15) is 14.4 Å². The van der Waals surface area contributed by atoms with Crippen LogP contribution in [0.2, 0.25) is 0 Å². The molecule has 9 heteroatoms. The molecule has 5 rings (SSSR count). The van der Waals surface area contributed by atoms with E-state index in [0.717, 1.165) is 16.0 Å². The lowest BCUT2D eigenvalue weighted by Gasteiger charge is -2.17. The number of imide groups is 1. The highest BCUT2D eigenvalue weighted by atomic mass is 16.6. The highest BCUT2D eigenvalue weighted by Gasteiger charge is 2.38. The minimum absolute atomic E-state index is 0.116. The zero-order valence-electron chi connectivity index (χ0n) is 19.2. The number of amides is 2. The minimum atomic E-state index is -0.836. The number of pyridine rings is 1. The number of ether oxygens (including phenoxy) is 1. The van der Waals surface area contributed by atoms with Crippen molar-refractivity contribution in [1.29, 1.82) is 0 Å². The van der Waals surface area contributed by atoms with Crippen molar-refractivity contribution in [1.82, 2.24) is 15.1 Å². The van der Waals surface area contributed by atoms with Crippen LogP contribution >= 0.6 is 0 Å². The number of carbonyl (C=O) groups is 3. The van der Waals surface area contributed by atoms with Crippen molar-refractivity contribution in [2.24, 2.45) is 0 Å². The first-order valence-electron chi connectivity index (χ1n) is 10.9. The molecule has 3 heterocycles. The molecule has 2 aromatic heterocycles. The molecule has 1 unspecified atom stereocenters. The van der Waals surface area contributed by atoms with Gasteiger partial charge in [0.15, 0.2) is 6.10 Å². The summed E-state index contributed by atoms with van der Waals surface area (Å²) in [5.74, 6) is -1.16. The van der Waals surface area contributed by atoms with Crippen LogP contribution in [0.3, 0.4) is 0 Å². The first kappa shape index (κ1) is 22.1. The Bertz CT molecular complexity index is 1480. The Hall–Kier alpha value is -4.66. The smallest absolute Gasteiger partial charge is 0.338 e. The van der Waals surface area contributed by atoms with E-state index in [4.69, 9.17) is 9.26 Å². The summed E-state index contributed by atoms with van der Waals surface area (Å²) in [5.41, 5.74) is 3.42. The van der Waals surface area contributed by atoms with Gasteiger partial charge in [-0.25, -0.2) is 9.69 Å². The number of aromatic nitrogens is 3. The molecule has 0 fully saturated rings. The summed E-state index contributed by atoms with van der Waals surface area (Å²) in [6, 6.07) is 13.4. The van der Waals surface area contributed by atoms with Crippen molar-refractivity contribution in [3.8, 4) is 11.4 Å². The molecule has 174 valence electrons. The lowest BCUT2D eigenvalue weighted by Crippen LogP contribution is -2.30. The second kappa shape index (κ2) is 8.60. The summed E-state index contributed by atoms with van der Waals surface area (Å²) in [4.78, 5) is 48.4. The van der Waals surface area contributed by atoms with E-state index in [2.05, 4.69) is 15.1 Å². The highest BCUT2D eigenvalue weighted by molar-refractivity contribution is 6.35. The average molecular weight is 468 g/mol. The number of hydrogen-bond donors (Lipinski definition) is 0. The third-order valence-corrected chi connectivity index (χ3v) is 5.72. The molecule has 2 aromatic carbocycles. The molecule has 1 aliphatic heterocycles. The van der Waals surface area contributed by atoms with Gasteiger partial charge in [-0.2, -0.15) is 4.98 Å². The van der Waals surface area contributed by atoms with Crippen LogP contribution in [0.15, 0.2) is 65.4 Å². The maximum Gasteiger partial charge on any atom is 0.338 e. The summed E-state index contributed by atoms with van der Waals surface area (Å²) >= 11 is 0. The van der Waals surface area contributed by atoms with Crippen molar-refractivity contribution in [2.75, 3.05) is 4.90 Å². The summed E-state index contributed by atoms with van der Waals surface area (Å²) in [6.45, 7) is 5.32. The van der Waals surface area contributed by atoms with Crippen LogP contribution in [0.5, 0.6) is 0 Å². The molecule has 1 aliphatic rings. The van der Waals surface area contributed by atoms with Gasteiger partial charge >= 0.3 is 5.97 Å². The SMILES string of the molecule is Cc1ccc(C)c(N2C(=O)c3ccc(C(=O)OC(C)c4nc(-c5cccnc5)no4)cc3C2=O)c1. The quantitative estimate of drug-likeness (QED) is 0.311. The van der Waals surface area contributed by atoms with Crippen molar-refractivity contribution in [3.05, 3.63) is 94.6 Å². The third-order valence-electron chi connectivity index (χ3n) is 5.72. The molecule has 0 spiro atoms. The van der Waals surface area contributed by atoms with Gasteiger partial charge < -0.3 is 9.26 Å². The van der Waals surface area contributed by atoms with E-state index in [1.54, 1.807) is 37.5 Å². The molecule has 4 aromatic rings. The van der Waals surface area contributed by atoms with Gasteiger partial charge in [-0.3, -0.25) is 14.6 Å². The molecule has 0 bridgehead atoms. The maximum atomic E-state index is 13.1. The van der Waals surface area contributed by atoms with E-state index in [0.29, 0.717) is 17.1 Å². The lowest BCUT2D eigenvalue weighted by atomic mass is 10.1. The fraction of sp³-hybridized carbons (Fsp3) is 0.154. The monoisotopic (exact) mass is 468 g/mol. The highest BCUT2D eigenvalue weighted by Crippen LogP contribution is 2.32. The van der Waals surface area contributed by atoms with Crippen LogP contribution in [0.1, 0.15) is 61.1 Å². The average Bonchev–Trinajstić information content (AvgIpc) is 3.45. The van der Waals surface area contributed by atoms with Gasteiger partial charge in [0, 0.05) is 18.0 Å². The number of rotatable bonds is 5. The zero-order chi connectivity index (χ0) is 24.7. The molecule has 0 saturated carbocycles. The predicted molar refractivity (Wildman–Crippen MR) is 125 cm³/mol. The first-order valence-corrected chi connectivity index (χ1v) is 10.9. The van der Waals surface area contributed by atoms with E-state index < -0.39 is 23.9 Å². The molecule has 35 heavy (non-hydrogen) atoms. The molecular formula is C26H20N4O5. The van der Waals surface area contributed by atoms with Gasteiger partial charge in [0.05, 0.1) is 22.4 Å². The number of nitrogens with zero attached hydrogens (tertiary/aromatic N) is 4. The third kappa shape index (κ3) is 3.97. The normalized spacial score (nSPS) is 13.6. The van der Waals surface area contributed by atoms with Crippen LogP contribution in [0.25, 0.3) is 11.4 Å². The fourth-order valence-electron chi connectivity index (χ4n) is 3.84. The number of carbonyl (C=O) groups excluding carboxylic acids is 3. The Morgan fingerprint density at radius 1 is 1.03 bits per heavy atom. The van der Waals surface area contributed by atoms with Gasteiger partial charge in [0.2, 0.25) is 5.82 Å². The fourth-order valence-corrected chi connectivity index (χ4v) is 3.84. The molecular weight excluding hydrogens is 448 g/mol. The molecule has 9 nitrogen and oxygen atoms in total. The van der Waals surface area contributed by atoms with Crippen LogP contribution in [0.4, 0.5) is 5.69 Å². The van der Waals surface area contributed by atoms with Crippen LogP contribution in [-0.4, -0.2) is 32.9 Å². The van der Waals surface area contributed by atoms with E-state index in [1.807, 2.05) is 26.0 Å². The van der Waals surface area contributed by atoms with Crippen molar-refractivity contribution in [2.45, 2.75) is 26.9 Å². The number of hydrogen-bond acceptors (Lipinski definition) is 8. The Morgan fingerprint density at radius 3 is 2.60 bits per heavy atom. The molecule has 1 atom stereocenters. The number of esters is 1. The first-order chi connectivity index (χ1) is 16.8. The van der Waals surface area contributed by atoms with Crippen molar-refractivity contribution >= 4 is 23.5 Å². The number of aryl methyl sites for hydroxylation is 2. The molecule has 0 aliphatic carbocycles. The van der Waals surface area contributed by atoms with Gasteiger partial charge in [0.25, 0.3) is 17.7 Å². The van der Waals surface area contributed by atoms with Crippen LogP contribution in [0, 0.1) is 13.8 Å². The van der Waals surface area contributed by atoms with Crippen LogP contribution in [-0.2, 0) is 4.74 Å². The number of benzene rings is 2. The standard InChI is InChI=1S/C26H20N4O5/c1-14-6-7-15(2)21(11-14)30-24(31)19-9-8-17(12-20(19)25(30)32)26(33)34-16(3)23-28-22(29-35-23)18-5-4-10-27-13-18/h4-13,16H,1-3H3. The number of fused-ring (bicyclic) bond motifs is 1. The Labute approximate surface area is 200 Å². The maximum absolute atomic E-state index is 13.1. The topological polar surface area (TPSA) is 115 Å². The number of anilines is 1. The van der Waals surface area contributed by atoms with Crippen molar-refractivity contribution < 1.29 is 23.6 Å². The van der Waals surface area contributed by atoms with E-state index in [1.165, 1.54) is 18.2 Å². The summed E-state index contributed by atoms with van der Waals surface area (Å²) in [6.07, 6.45) is 2.39. The Morgan fingerprint density at radius 2 is 1.83 bits per heavy atom. The Balaban J connectivity index is 1.36. The summed E-state index contributed by atoms with van der Waals surface area (Å²) in [7, 11) is 0. The van der Waals surface area contributed by atoms with Gasteiger partial charge in [-0.05, 0) is 68.3 Å². The van der Waals surface area contributed by atoms with Gasteiger partial charge in [-0.15, -0.1) is 0 Å². The Kier molecular flexibility index (Phi) is 5.44. The zero-order valence-corrected chi connectivity index (χ0v) is 19.2. The van der Waals surface area contributed by atoms with E-state index >= 15 is 0 Å². The summed E-state index contributed by atoms with van der Waals surface area (Å²) < 4.78 is 10.7. The summed E-state index contributed by atoms with van der Waals surface area (Å²) in [5, 5.41) is 3.90. The molecule has 2 amide bonds. The molecule has 0 N–H and O–H groups in total. The van der Waals surface area contributed by atoms with Crippen LogP contribution < -0.4 is 4.90 Å². The molecule has 0 saturated heterocycles. The second-order valence-corrected chi connectivity index (χ2v) is 8.24. The second-order valence-electron chi connectivity index (χ2n) is 8.24.